The molecule has 32 heavy (non-hydrogen) atoms. The molecule has 0 aliphatic rings. The molecule has 1 heterocycles. The van der Waals surface area contributed by atoms with Crippen molar-refractivity contribution in [1.82, 2.24) is 9.29 Å². The number of hydrogen-bond donors (Lipinski definition) is 3. The smallest absolute Gasteiger partial charge is 0.419 e. The molecule has 0 aliphatic heterocycles. The second kappa shape index (κ2) is 8.60. The van der Waals surface area contributed by atoms with Gasteiger partial charge in [0.2, 0.25) is 10.0 Å². The minimum Gasteiger partial charge on any atom is -0.443 e. The van der Waals surface area contributed by atoms with Gasteiger partial charge in [-0.15, -0.1) is 0 Å². The van der Waals surface area contributed by atoms with E-state index in [9.17, 15) is 17.6 Å². The van der Waals surface area contributed by atoms with E-state index < -0.39 is 27.5 Å². The first-order valence-electron chi connectivity index (χ1n) is 9.52. The highest BCUT2D eigenvalue weighted by molar-refractivity contribution is 7.89. The summed E-state index contributed by atoms with van der Waals surface area (Å²) in [5, 5.41) is 11.9. The fourth-order valence-electron chi connectivity index (χ4n) is 2.99. The summed E-state index contributed by atoms with van der Waals surface area (Å²) in [6.07, 6.45) is 0.865. The Morgan fingerprint density at radius 2 is 1.88 bits per heavy atom. The first-order valence-corrected chi connectivity index (χ1v) is 11.0. The maximum absolute atomic E-state index is 13.9. The number of fused-ring (bicyclic) bond motifs is 1. The second-order valence-corrected chi connectivity index (χ2v) is 9.76. The number of carbonyl (C=O) groups is 1. The van der Waals surface area contributed by atoms with Crippen LogP contribution in [0.15, 0.2) is 58.7 Å². The number of ether oxygens (including phenoxy) is 1. The monoisotopic (exact) mass is 462 g/mol. The normalized spacial score (nSPS) is 12.8. The van der Waals surface area contributed by atoms with Crippen LogP contribution in [0.25, 0.3) is 22.0 Å². The zero-order chi connectivity index (χ0) is 23.7. The molecule has 0 bridgehead atoms. The van der Waals surface area contributed by atoms with Gasteiger partial charge < -0.3 is 15.7 Å². The highest BCUT2D eigenvalue weighted by atomic mass is 32.2. The molecule has 2 aromatic carbocycles. The van der Waals surface area contributed by atoms with E-state index in [2.05, 4.69) is 9.88 Å². The summed E-state index contributed by atoms with van der Waals surface area (Å²) in [4.78, 5) is 12.6. The quantitative estimate of drug-likeness (QED) is 0.230. The van der Waals surface area contributed by atoms with Crippen LogP contribution >= 0.6 is 0 Å². The van der Waals surface area contributed by atoms with Gasteiger partial charge >= 0.3 is 6.09 Å². The molecule has 11 heteroatoms. The Hall–Kier alpha value is -3.44. The molecule has 0 unspecified atom stereocenters. The predicted molar refractivity (Wildman–Crippen MR) is 118 cm³/mol. The number of oxime groups is 1. The van der Waals surface area contributed by atoms with Crippen LogP contribution in [-0.2, 0) is 14.8 Å². The molecule has 1 aromatic heterocycles. The van der Waals surface area contributed by atoms with Crippen LogP contribution in [0.3, 0.4) is 0 Å². The highest BCUT2D eigenvalue weighted by Crippen LogP contribution is 2.32. The van der Waals surface area contributed by atoms with Gasteiger partial charge in [0.1, 0.15) is 11.4 Å². The van der Waals surface area contributed by atoms with Crippen LogP contribution < -0.4 is 10.5 Å². The lowest BCUT2D eigenvalue weighted by atomic mass is 10.1. The number of carbonyl (C=O) groups excluding carboxylic acids is 1. The largest absolute Gasteiger partial charge is 0.443 e. The molecule has 0 aliphatic carbocycles. The highest BCUT2D eigenvalue weighted by Gasteiger charge is 2.22. The molecule has 0 saturated heterocycles. The summed E-state index contributed by atoms with van der Waals surface area (Å²) in [6, 6.07) is 9.95. The lowest BCUT2D eigenvalue weighted by Crippen LogP contribution is -2.33. The Labute approximate surface area is 184 Å². The van der Waals surface area contributed by atoms with E-state index >= 15 is 0 Å². The lowest BCUT2D eigenvalue weighted by Gasteiger charge is -2.19. The van der Waals surface area contributed by atoms with Crippen molar-refractivity contribution in [3.63, 3.8) is 0 Å². The van der Waals surface area contributed by atoms with Crippen LogP contribution in [0.2, 0.25) is 0 Å². The van der Waals surface area contributed by atoms with Gasteiger partial charge in [-0.25, -0.2) is 22.3 Å². The Morgan fingerprint density at radius 1 is 1.22 bits per heavy atom. The second-order valence-electron chi connectivity index (χ2n) is 7.99. The van der Waals surface area contributed by atoms with Gasteiger partial charge in [-0.1, -0.05) is 17.3 Å². The van der Waals surface area contributed by atoms with E-state index in [0.717, 1.165) is 0 Å². The van der Waals surface area contributed by atoms with Crippen molar-refractivity contribution in [2.24, 2.45) is 10.9 Å². The van der Waals surface area contributed by atoms with Crippen molar-refractivity contribution >= 4 is 32.9 Å². The molecule has 0 amide bonds. The summed E-state index contributed by atoms with van der Waals surface area (Å²) in [5.41, 5.74) is 6.08. The maximum Gasteiger partial charge on any atom is 0.419 e. The standard InChI is InChI=1S/C21H23FN4O5S/c1-21(2,3)31-20(27)26-12-17(16-9-6-14(22)10-18(16)26)13-4-7-15(8-5-13)32(29,30)24-11-19(23)25-28/h4-10,12,24,28H,11H2,1-3H3,(H2,23,25). The fourth-order valence-corrected chi connectivity index (χ4v) is 3.99. The van der Waals surface area contributed by atoms with Crippen molar-refractivity contribution in [1.29, 1.82) is 0 Å². The topological polar surface area (TPSA) is 136 Å². The van der Waals surface area contributed by atoms with Crippen molar-refractivity contribution in [3.05, 3.63) is 54.5 Å². The molecule has 170 valence electrons. The number of aromatic nitrogens is 1. The number of nitrogens with one attached hydrogen (secondary N) is 1. The number of nitrogens with two attached hydrogens (primary N) is 1. The molecule has 0 spiro atoms. The van der Waals surface area contributed by atoms with Gasteiger partial charge in [0, 0.05) is 17.1 Å². The number of amidine groups is 1. The van der Waals surface area contributed by atoms with Crippen LogP contribution in [0.4, 0.5) is 9.18 Å². The Bertz CT molecular complexity index is 1290. The third-order valence-electron chi connectivity index (χ3n) is 4.41. The summed E-state index contributed by atoms with van der Waals surface area (Å²) in [5.74, 6) is -0.794. The molecule has 0 radical (unpaired) electrons. The Balaban J connectivity index is 2.00. The molecule has 3 aromatic rings. The molecule has 0 saturated carbocycles. The Kier molecular flexibility index (Phi) is 6.24. The maximum atomic E-state index is 13.9. The zero-order valence-electron chi connectivity index (χ0n) is 17.7. The van der Waals surface area contributed by atoms with Crippen LogP contribution in [0, 0.1) is 5.82 Å². The SMILES string of the molecule is CC(C)(C)OC(=O)n1cc(-c2ccc(S(=O)(=O)NC/C(N)=N\O)cc2)c2ccc(F)cc21. The zero-order valence-corrected chi connectivity index (χ0v) is 18.5. The molecule has 9 nitrogen and oxygen atoms in total. The third-order valence-corrected chi connectivity index (χ3v) is 5.82. The summed E-state index contributed by atoms with van der Waals surface area (Å²) in [6.45, 7) is 4.83. The molecular formula is C21H23FN4O5S. The molecule has 4 N–H and O–H groups in total. The van der Waals surface area contributed by atoms with E-state index in [1.165, 1.54) is 35.0 Å². The summed E-state index contributed by atoms with van der Waals surface area (Å²) >= 11 is 0. The number of rotatable bonds is 5. The van der Waals surface area contributed by atoms with Gasteiger partial charge in [-0.2, -0.15) is 0 Å². The number of hydrogen-bond acceptors (Lipinski definition) is 6. The third kappa shape index (κ3) is 5.06. The average Bonchev–Trinajstić information content (AvgIpc) is 3.09. The number of halogens is 1. The van der Waals surface area contributed by atoms with E-state index in [1.807, 2.05) is 0 Å². The van der Waals surface area contributed by atoms with Crippen LogP contribution in [0.5, 0.6) is 0 Å². The van der Waals surface area contributed by atoms with Gasteiger partial charge in [-0.3, -0.25) is 4.57 Å². The average molecular weight is 463 g/mol. The van der Waals surface area contributed by atoms with Gasteiger partial charge in [0.05, 0.1) is 17.0 Å². The van der Waals surface area contributed by atoms with Crippen molar-refractivity contribution in [2.45, 2.75) is 31.3 Å². The van der Waals surface area contributed by atoms with Crippen molar-refractivity contribution < 1.29 is 27.5 Å². The Morgan fingerprint density at radius 3 is 2.47 bits per heavy atom. The van der Waals surface area contributed by atoms with E-state index in [-0.39, 0.29) is 17.3 Å². The number of nitrogens with zero attached hydrogens (tertiary/aromatic N) is 2. The van der Waals surface area contributed by atoms with Crippen LogP contribution in [-0.4, -0.2) is 42.3 Å². The number of benzene rings is 2. The first-order chi connectivity index (χ1) is 14.9. The lowest BCUT2D eigenvalue weighted by molar-refractivity contribution is 0.0544. The summed E-state index contributed by atoms with van der Waals surface area (Å²) < 4.78 is 47.5. The first kappa shape index (κ1) is 23.2. The van der Waals surface area contributed by atoms with E-state index in [1.54, 1.807) is 39.0 Å². The van der Waals surface area contributed by atoms with Crippen LogP contribution in [0.1, 0.15) is 20.8 Å². The molecule has 0 fully saturated rings. The minimum atomic E-state index is -3.89. The summed E-state index contributed by atoms with van der Waals surface area (Å²) in [7, 11) is -3.89. The number of sulfonamides is 1. The molecule has 0 atom stereocenters. The predicted octanol–water partition coefficient (Wildman–Crippen LogP) is 3.26. The van der Waals surface area contributed by atoms with Gasteiger partial charge in [0.25, 0.3) is 0 Å². The molecular weight excluding hydrogens is 439 g/mol. The van der Waals surface area contributed by atoms with Crippen molar-refractivity contribution in [2.75, 3.05) is 6.54 Å². The minimum absolute atomic E-state index is 0.0334. The van der Waals surface area contributed by atoms with E-state index in [4.69, 9.17) is 15.7 Å². The van der Waals surface area contributed by atoms with Gasteiger partial charge in [-0.05, 0) is 56.7 Å². The fraction of sp³-hybridized carbons (Fsp3) is 0.238. The van der Waals surface area contributed by atoms with Gasteiger partial charge in [0.15, 0.2) is 5.84 Å². The van der Waals surface area contributed by atoms with Crippen molar-refractivity contribution in [3.8, 4) is 11.1 Å². The molecule has 3 rings (SSSR count). The van der Waals surface area contributed by atoms with E-state index in [0.29, 0.717) is 22.0 Å².